The van der Waals surface area contributed by atoms with E-state index in [-0.39, 0.29) is 22.9 Å². The van der Waals surface area contributed by atoms with Gasteiger partial charge in [0.25, 0.3) is 5.91 Å². The van der Waals surface area contributed by atoms with Crippen LogP contribution in [0.2, 0.25) is 5.02 Å². The number of anilines is 1. The predicted molar refractivity (Wildman–Crippen MR) is 102 cm³/mol. The zero-order valence-corrected chi connectivity index (χ0v) is 15.3. The number of benzene rings is 2. The van der Waals surface area contributed by atoms with E-state index in [4.69, 9.17) is 21.1 Å². The van der Waals surface area contributed by atoms with Crippen LogP contribution in [0.15, 0.2) is 47.8 Å². The normalized spacial score (nSPS) is 12.0. The third-order valence-electron chi connectivity index (χ3n) is 4.03. The molecule has 1 aliphatic heterocycles. The fourth-order valence-electron chi connectivity index (χ4n) is 2.78. The van der Waals surface area contributed by atoms with E-state index in [1.165, 1.54) is 0 Å². The number of para-hydroxylation sites is 1. The summed E-state index contributed by atoms with van der Waals surface area (Å²) < 4.78 is 10.6. The number of carbonyl (C=O) groups is 2. The molecule has 136 valence electrons. The van der Waals surface area contributed by atoms with Crippen molar-refractivity contribution < 1.29 is 24.2 Å². The molecule has 2 heterocycles. The second-order valence-corrected chi connectivity index (χ2v) is 6.98. The summed E-state index contributed by atoms with van der Waals surface area (Å²) >= 11 is 7.04. The Balaban J connectivity index is 1.69. The maximum Gasteiger partial charge on any atom is 0.339 e. The van der Waals surface area contributed by atoms with Crippen molar-refractivity contribution in [3.05, 3.63) is 64.0 Å². The van der Waals surface area contributed by atoms with Crippen LogP contribution in [0.4, 0.5) is 5.00 Å². The SMILES string of the molecule is O=C(Nc1scc(-c2ccc(Cl)cc2)c1C(=O)O)c1cccc2c1OCO2. The number of hydrogen-bond donors (Lipinski definition) is 2. The van der Waals surface area contributed by atoms with Crippen LogP contribution < -0.4 is 14.8 Å². The van der Waals surface area contributed by atoms with Crippen LogP contribution in [0.5, 0.6) is 11.5 Å². The van der Waals surface area contributed by atoms with Crippen LogP contribution >= 0.6 is 22.9 Å². The van der Waals surface area contributed by atoms with Gasteiger partial charge in [-0.05, 0) is 29.8 Å². The lowest BCUT2D eigenvalue weighted by Gasteiger charge is -2.08. The van der Waals surface area contributed by atoms with Gasteiger partial charge in [0.15, 0.2) is 11.5 Å². The first-order chi connectivity index (χ1) is 13.0. The quantitative estimate of drug-likeness (QED) is 0.659. The van der Waals surface area contributed by atoms with Crippen LogP contribution in [0.25, 0.3) is 11.1 Å². The number of amides is 1. The topological polar surface area (TPSA) is 84.9 Å². The van der Waals surface area contributed by atoms with Crippen LogP contribution in [-0.4, -0.2) is 23.8 Å². The Labute approximate surface area is 162 Å². The van der Waals surface area contributed by atoms with Crippen LogP contribution in [0.3, 0.4) is 0 Å². The number of carboxylic acids is 1. The summed E-state index contributed by atoms with van der Waals surface area (Å²) in [4.78, 5) is 24.5. The summed E-state index contributed by atoms with van der Waals surface area (Å²) in [6.07, 6.45) is 0. The molecule has 0 aliphatic carbocycles. The third kappa shape index (κ3) is 3.22. The van der Waals surface area contributed by atoms with E-state index >= 15 is 0 Å². The van der Waals surface area contributed by atoms with Gasteiger partial charge in [-0.1, -0.05) is 29.8 Å². The van der Waals surface area contributed by atoms with Crippen molar-refractivity contribution >= 4 is 39.8 Å². The lowest BCUT2D eigenvalue weighted by molar-refractivity contribution is 0.0699. The van der Waals surface area contributed by atoms with Crippen molar-refractivity contribution in [1.29, 1.82) is 0 Å². The first-order valence-electron chi connectivity index (χ1n) is 7.85. The second kappa shape index (κ2) is 6.94. The summed E-state index contributed by atoms with van der Waals surface area (Å²) in [6.45, 7) is 0.0414. The molecular formula is C19H12ClNO5S. The zero-order chi connectivity index (χ0) is 19.0. The molecule has 1 amide bonds. The molecule has 8 heteroatoms. The minimum atomic E-state index is -1.13. The maximum atomic E-state index is 12.7. The van der Waals surface area contributed by atoms with Gasteiger partial charge in [-0.15, -0.1) is 11.3 Å². The molecule has 3 aromatic rings. The lowest BCUT2D eigenvalue weighted by Crippen LogP contribution is -2.14. The molecule has 4 rings (SSSR count). The van der Waals surface area contributed by atoms with E-state index in [9.17, 15) is 14.7 Å². The van der Waals surface area contributed by atoms with Crippen molar-refractivity contribution in [2.45, 2.75) is 0 Å². The van der Waals surface area contributed by atoms with Crippen molar-refractivity contribution in [2.75, 3.05) is 12.1 Å². The number of hydrogen-bond acceptors (Lipinski definition) is 5. The van der Waals surface area contributed by atoms with Crippen molar-refractivity contribution in [1.82, 2.24) is 0 Å². The lowest BCUT2D eigenvalue weighted by atomic mass is 10.0. The van der Waals surface area contributed by atoms with Gasteiger partial charge in [-0.25, -0.2) is 4.79 Å². The molecule has 0 unspecified atom stereocenters. The molecule has 0 radical (unpaired) electrons. The highest BCUT2D eigenvalue weighted by molar-refractivity contribution is 7.15. The van der Waals surface area contributed by atoms with E-state index in [0.29, 0.717) is 27.6 Å². The second-order valence-electron chi connectivity index (χ2n) is 5.66. The van der Waals surface area contributed by atoms with Gasteiger partial charge < -0.3 is 19.9 Å². The van der Waals surface area contributed by atoms with Gasteiger partial charge in [0.2, 0.25) is 6.79 Å². The molecular weight excluding hydrogens is 390 g/mol. The summed E-state index contributed by atoms with van der Waals surface area (Å²) in [5.41, 5.74) is 1.52. The average molecular weight is 402 g/mol. The molecule has 0 spiro atoms. The standard InChI is InChI=1S/C19H12ClNO5S/c20-11-6-4-10(5-7-11)13-8-27-18(15(13)19(23)24)21-17(22)12-2-1-3-14-16(12)26-9-25-14/h1-8H,9H2,(H,21,22)(H,23,24). The Bertz CT molecular complexity index is 1040. The predicted octanol–water partition coefficient (Wildman–Crippen LogP) is 4.75. The smallest absolute Gasteiger partial charge is 0.339 e. The van der Waals surface area contributed by atoms with Gasteiger partial charge in [0, 0.05) is 16.0 Å². The highest BCUT2D eigenvalue weighted by atomic mass is 35.5. The van der Waals surface area contributed by atoms with Gasteiger partial charge >= 0.3 is 5.97 Å². The summed E-state index contributed by atoms with van der Waals surface area (Å²) in [5, 5.41) is 14.8. The Morgan fingerprint density at radius 2 is 1.89 bits per heavy atom. The van der Waals surface area contributed by atoms with Crippen LogP contribution in [0.1, 0.15) is 20.7 Å². The van der Waals surface area contributed by atoms with Gasteiger partial charge in [0.05, 0.1) is 5.56 Å². The minimum Gasteiger partial charge on any atom is -0.478 e. The Morgan fingerprint density at radius 1 is 1.11 bits per heavy atom. The number of carbonyl (C=O) groups excluding carboxylic acids is 1. The van der Waals surface area contributed by atoms with Crippen molar-refractivity contribution in [3.63, 3.8) is 0 Å². The van der Waals surface area contributed by atoms with E-state index in [1.807, 2.05) is 0 Å². The minimum absolute atomic E-state index is 0.0282. The highest BCUT2D eigenvalue weighted by Crippen LogP contribution is 2.38. The summed E-state index contributed by atoms with van der Waals surface area (Å²) in [5.74, 6) is -0.769. The number of nitrogens with one attached hydrogen (secondary N) is 1. The molecule has 1 aromatic heterocycles. The van der Waals surface area contributed by atoms with E-state index in [1.54, 1.807) is 47.8 Å². The van der Waals surface area contributed by atoms with Crippen molar-refractivity contribution in [2.24, 2.45) is 0 Å². The molecule has 0 fully saturated rings. The van der Waals surface area contributed by atoms with E-state index in [2.05, 4.69) is 5.32 Å². The van der Waals surface area contributed by atoms with Gasteiger partial charge in [-0.2, -0.15) is 0 Å². The number of fused-ring (bicyclic) bond motifs is 1. The van der Waals surface area contributed by atoms with Crippen LogP contribution in [-0.2, 0) is 0 Å². The van der Waals surface area contributed by atoms with Crippen LogP contribution in [0, 0.1) is 0 Å². The number of aromatic carboxylic acids is 1. The molecule has 1 aliphatic rings. The zero-order valence-electron chi connectivity index (χ0n) is 13.7. The number of ether oxygens (including phenoxy) is 2. The fraction of sp³-hybridized carbons (Fsp3) is 0.0526. The Kier molecular flexibility index (Phi) is 4.47. The van der Waals surface area contributed by atoms with E-state index < -0.39 is 11.9 Å². The fourth-order valence-corrected chi connectivity index (χ4v) is 3.87. The molecule has 2 aromatic carbocycles. The first-order valence-corrected chi connectivity index (χ1v) is 9.11. The average Bonchev–Trinajstić information content (AvgIpc) is 3.28. The third-order valence-corrected chi connectivity index (χ3v) is 5.18. The molecule has 0 saturated carbocycles. The summed E-state index contributed by atoms with van der Waals surface area (Å²) in [6, 6.07) is 11.8. The Hall–Kier alpha value is -3.03. The number of thiophene rings is 1. The maximum absolute atomic E-state index is 12.7. The number of rotatable bonds is 4. The molecule has 0 saturated heterocycles. The largest absolute Gasteiger partial charge is 0.478 e. The van der Waals surface area contributed by atoms with Gasteiger partial charge in [-0.3, -0.25) is 4.79 Å². The first kappa shape index (κ1) is 17.4. The Morgan fingerprint density at radius 3 is 2.63 bits per heavy atom. The monoisotopic (exact) mass is 401 g/mol. The summed E-state index contributed by atoms with van der Waals surface area (Å²) in [7, 11) is 0. The number of halogens is 1. The molecule has 27 heavy (non-hydrogen) atoms. The molecule has 2 N–H and O–H groups in total. The highest BCUT2D eigenvalue weighted by Gasteiger charge is 2.25. The van der Waals surface area contributed by atoms with Crippen molar-refractivity contribution in [3.8, 4) is 22.6 Å². The van der Waals surface area contributed by atoms with Gasteiger partial charge in [0.1, 0.15) is 10.6 Å². The number of carboxylic acid groups (broad SMARTS) is 1. The molecule has 0 atom stereocenters. The van der Waals surface area contributed by atoms with E-state index in [0.717, 1.165) is 11.3 Å². The molecule has 6 nitrogen and oxygen atoms in total. The molecule has 0 bridgehead atoms.